The molecule has 1 amide bonds. The molecule has 0 radical (unpaired) electrons. The van der Waals surface area contributed by atoms with Gasteiger partial charge in [0.15, 0.2) is 0 Å². The van der Waals surface area contributed by atoms with Gasteiger partial charge in [0.2, 0.25) is 5.91 Å². The second-order valence-corrected chi connectivity index (χ2v) is 9.39. The molecule has 3 aromatic carbocycles. The van der Waals surface area contributed by atoms with Gasteiger partial charge in [-0.15, -0.1) is 0 Å². The summed E-state index contributed by atoms with van der Waals surface area (Å²) in [5, 5.41) is 0.565. The molecule has 1 unspecified atom stereocenters. The molecule has 0 saturated carbocycles. The maximum absolute atomic E-state index is 13.6. The lowest BCUT2D eigenvalue weighted by atomic mass is 9.96. The third kappa shape index (κ3) is 3.78. The van der Waals surface area contributed by atoms with Crippen molar-refractivity contribution in [2.24, 2.45) is 0 Å². The highest BCUT2D eigenvalue weighted by atomic mass is 79.9. The number of halogens is 1. The normalized spacial score (nSPS) is 15.3. The lowest BCUT2D eigenvalue weighted by Crippen LogP contribution is -2.31. The fourth-order valence-corrected chi connectivity index (χ4v) is 4.98. The number of rotatable bonds is 5. The van der Waals surface area contributed by atoms with E-state index in [0.717, 1.165) is 33.4 Å². The Balaban J connectivity index is 1.69. The van der Waals surface area contributed by atoms with Crippen LogP contribution in [0.1, 0.15) is 36.2 Å². The van der Waals surface area contributed by atoms with Crippen LogP contribution in [0, 0.1) is 6.92 Å². The third-order valence-electron chi connectivity index (χ3n) is 6.19. The minimum atomic E-state index is -0.395. The first-order valence-corrected chi connectivity index (χ1v) is 12.0. The molecule has 0 saturated heterocycles. The van der Waals surface area contributed by atoms with Crippen molar-refractivity contribution in [3.8, 4) is 5.69 Å². The highest BCUT2D eigenvalue weighted by Crippen LogP contribution is 2.40. The Morgan fingerprint density at radius 3 is 2.52 bits per heavy atom. The highest BCUT2D eigenvalue weighted by molar-refractivity contribution is 9.10. The molecule has 4 aromatic rings. The largest absolute Gasteiger partial charge is 0.312 e. The zero-order valence-corrected chi connectivity index (χ0v) is 20.2. The van der Waals surface area contributed by atoms with Crippen molar-refractivity contribution in [3.05, 3.63) is 98.5 Å². The summed E-state index contributed by atoms with van der Waals surface area (Å²) in [6.07, 6.45) is 1.21. The molecule has 5 nitrogen and oxygen atoms in total. The van der Waals surface area contributed by atoms with Crippen molar-refractivity contribution in [1.29, 1.82) is 0 Å². The Labute approximate surface area is 200 Å². The van der Waals surface area contributed by atoms with Crippen LogP contribution in [0.15, 0.2) is 76.0 Å². The van der Waals surface area contributed by atoms with E-state index in [-0.39, 0.29) is 11.5 Å². The molecule has 0 bridgehead atoms. The summed E-state index contributed by atoms with van der Waals surface area (Å²) in [5.41, 5.74) is 4.31. The highest BCUT2D eigenvalue weighted by Gasteiger charge is 2.38. The van der Waals surface area contributed by atoms with Gasteiger partial charge in [-0.05, 0) is 61.4 Å². The van der Waals surface area contributed by atoms with Gasteiger partial charge in [-0.1, -0.05) is 52.7 Å². The van der Waals surface area contributed by atoms with Gasteiger partial charge >= 0.3 is 0 Å². The van der Waals surface area contributed by atoms with E-state index in [9.17, 15) is 9.59 Å². The third-order valence-corrected chi connectivity index (χ3v) is 6.68. The first-order chi connectivity index (χ1) is 16.0. The predicted molar refractivity (Wildman–Crippen MR) is 135 cm³/mol. The molecule has 1 atom stereocenters. The number of anilines is 1. The fraction of sp³-hybridized carbons (Fsp3) is 0.222. The smallest absolute Gasteiger partial charge is 0.265 e. The van der Waals surface area contributed by atoms with Crippen molar-refractivity contribution in [3.63, 3.8) is 0 Å². The summed E-state index contributed by atoms with van der Waals surface area (Å²) in [4.78, 5) is 33.8. The molecule has 0 aliphatic carbocycles. The van der Waals surface area contributed by atoms with Crippen molar-refractivity contribution >= 4 is 38.4 Å². The Morgan fingerprint density at radius 1 is 1.00 bits per heavy atom. The van der Waals surface area contributed by atoms with Gasteiger partial charge in [0.05, 0.1) is 22.5 Å². The summed E-state index contributed by atoms with van der Waals surface area (Å²) in [6, 6.07) is 21.2. The lowest BCUT2D eigenvalue weighted by molar-refractivity contribution is -0.119. The van der Waals surface area contributed by atoms with Crippen molar-refractivity contribution in [1.82, 2.24) is 9.55 Å². The summed E-state index contributed by atoms with van der Waals surface area (Å²) in [7, 11) is 0. The number of carbonyl (C=O) groups excluding carboxylic acids is 1. The first kappa shape index (κ1) is 21.6. The molecule has 33 heavy (non-hydrogen) atoms. The van der Waals surface area contributed by atoms with Crippen LogP contribution in [0.4, 0.5) is 5.69 Å². The average Bonchev–Trinajstić information content (AvgIpc) is 3.06. The summed E-state index contributed by atoms with van der Waals surface area (Å²) >= 11 is 3.56. The Kier molecular flexibility index (Phi) is 5.62. The molecule has 1 aliphatic heterocycles. The number of aryl methyl sites for hydroxylation is 1. The molecule has 0 fully saturated rings. The molecule has 166 valence electrons. The Morgan fingerprint density at radius 2 is 1.76 bits per heavy atom. The van der Waals surface area contributed by atoms with Gasteiger partial charge in [0, 0.05) is 23.1 Å². The van der Waals surface area contributed by atoms with E-state index in [1.807, 2.05) is 72.5 Å². The standard InChI is InChI=1S/C27H24BrN3O2/c1-3-14-30-24-13-10-18(28)15-21(24)22(26(30)32)16-25-29-23-7-5-4-6-20(23)27(33)31(25)19-11-8-17(2)9-12-19/h4-13,15,22H,3,14,16H2,1-2H3. The summed E-state index contributed by atoms with van der Waals surface area (Å²) in [6.45, 7) is 4.75. The van der Waals surface area contributed by atoms with E-state index < -0.39 is 5.92 Å². The van der Waals surface area contributed by atoms with Gasteiger partial charge in [0.25, 0.3) is 5.56 Å². The van der Waals surface area contributed by atoms with Crippen molar-refractivity contribution in [2.45, 2.75) is 32.6 Å². The number of aromatic nitrogens is 2. The molecule has 5 rings (SSSR count). The van der Waals surface area contributed by atoms with Crippen molar-refractivity contribution in [2.75, 3.05) is 11.4 Å². The number of hydrogen-bond donors (Lipinski definition) is 0. The molecule has 1 aromatic heterocycles. The van der Waals surface area contributed by atoms with Gasteiger partial charge in [-0.25, -0.2) is 4.98 Å². The molecular weight excluding hydrogens is 478 g/mol. The minimum Gasteiger partial charge on any atom is -0.312 e. The van der Waals surface area contributed by atoms with E-state index in [0.29, 0.717) is 29.7 Å². The van der Waals surface area contributed by atoms with Gasteiger partial charge < -0.3 is 4.90 Å². The van der Waals surface area contributed by atoms with Gasteiger partial charge in [-0.2, -0.15) is 0 Å². The van der Waals surface area contributed by atoms with Crippen LogP contribution in [0.25, 0.3) is 16.6 Å². The predicted octanol–water partition coefficient (Wildman–Crippen LogP) is 5.54. The summed E-state index contributed by atoms with van der Waals surface area (Å²) < 4.78 is 2.59. The van der Waals surface area contributed by atoms with Crippen LogP contribution in [0.2, 0.25) is 0 Å². The molecule has 0 N–H and O–H groups in total. The molecule has 6 heteroatoms. The maximum atomic E-state index is 13.6. The minimum absolute atomic E-state index is 0.0582. The quantitative estimate of drug-likeness (QED) is 0.360. The van der Waals surface area contributed by atoms with E-state index in [1.165, 1.54) is 0 Å². The molecule has 0 spiro atoms. The van der Waals surface area contributed by atoms with Crippen molar-refractivity contribution < 1.29 is 4.79 Å². The first-order valence-electron chi connectivity index (χ1n) is 11.2. The monoisotopic (exact) mass is 501 g/mol. The van der Waals surface area contributed by atoms with Crippen LogP contribution < -0.4 is 10.5 Å². The van der Waals surface area contributed by atoms with Crippen LogP contribution in [0.3, 0.4) is 0 Å². The number of fused-ring (bicyclic) bond motifs is 2. The maximum Gasteiger partial charge on any atom is 0.265 e. The van der Waals surface area contributed by atoms with E-state index in [2.05, 4.69) is 22.9 Å². The number of amides is 1. The zero-order chi connectivity index (χ0) is 23.1. The fourth-order valence-electron chi connectivity index (χ4n) is 4.60. The second kappa shape index (κ2) is 8.60. The number of nitrogens with zero attached hydrogens (tertiary/aromatic N) is 3. The lowest BCUT2D eigenvalue weighted by Gasteiger charge is -2.18. The van der Waals surface area contributed by atoms with Crippen LogP contribution in [-0.4, -0.2) is 22.0 Å². The van der Waals surface area contributed by atoms with E-state index in [4.69, 9.17) is 4.98 Å². The van der Waals surface area contributed by atoms with E-state index in [1.54, 1.807) is 10.6 Å². The summed E-state index contributed by atoms with van der Waals surface area (Å²) in [5.74, 6) is 0.252. The molecule has 2 heterocycles. The second-order valence-electron chi connectivity index (χ2n) is 8.47. The molecular formula is C27H24BrN3O2. The van der Waals surface area contributed by atoms with E-state index >= 15 is 0 Å². The van der Waals surface area contributed by atoms with Crippen LogP contribution in [0.5, 0.6) is 0 Å². The number of para-hydroxylation sites is 1. The van der Waals surface area contributed by atoms with Gasteiger partial charge in [0.1, 0.15) is 5.82 Å². The van der Waals surface area contributed by atoms with Crippen LogP contribution in [-0.2, 0) is 11.2 Å². The Hall–Kier alpha value is -3.25. The number of hydrogen-bond acceptors (Lipinski definition) is 3. The Bertz CT molecular complexity index is 1430. The average molecular weight is 502 g/mol. The van der Waals surface area contributed by atoms with Crippen LogP contribution >= 0.6 is 15.9 Å². The zero-order valence-electron chi connectivity index (χ0n) is 18.6. The topological polar surface area (TPSA) is 55.2 Å². The number of carbonyl (C=O) groups is 1. The number of benzene rings is 3. The SMILES string of the molecule is CCCN1C(=O)C(Cc2nc3ccccc3c(=O)n2-c2ccc(C)cc2)c2cc(Br)ccc21. The van der Waals surface area contributed by atoms with Gasteiger partial charge in [-0.3, -0.25) is 14.2 Å². The molecule has 1 aliphatic rings.